The first kappa shape index (κ1) is 8.48. The van der Waals surface area contributed by atoms with Gasteiger partial charge >= 0.3 is 0 Å². The minimum atomic E-state index is 0.0697. The van der Waals surface area contributed by atoms with E-state index in [9.17, 15) is 0 Å². The molecule has 1 aliphatic carbocycles. The molecular formula is C9H17NO2. The lowest BCUT2D eigenvalue weighted by Crippen LogP contribution is -2.24. The molecule has 1 unspecified atom stereocenters. The minimum absolute atomic E-state index is 0.0697. The quantitative estimate of drug-likeness (QED) is 0.685. The molecule has 2 rings (SSSR count). The highest BCUT2D eigenvalue weighted by Gasteiger charge is 2.39. The van der Waals surface area contributed by atoms with Crippen LogP contribution in [0.3, 0.4) is 0 Å². The van der Waals surface area contributed by atoms with Crippen molar-refractivity contribution in [1.82, 2.24) is 0 Å². The Bertz CT molecular complexity index is 145. The summed E-state index contributed by atoms with van der Waals surface area (Å²) >= 11 is 0. The molecule has 0 spiro atoms. The Kier molecular flexibility index (Phi) is 2.63. The molecule has 3 nitrogen and oxygen atoms in total. The van der Waals surface area contributed by atoms with Gasteiger partial charge in [0.05, 0.1) is 6.10 Å². The van der Waals surface area contributed by atoms with Crippen LogP contribution < -0.4 is 5.73 Å². The van der Waals surface area contributed by atoms with Gasteiger partial charge in [-0.15, -0.1) is 0 Å². The Morgan fingerprint density at radius 1 is 1.42 bits per heavy atom. The molecule has 2 aliphatic rings. The van der Waals surface area contributed by atoms with Gasteiger partial charge in [0, 0.05) is 6.61 Å². The molecule has 1 saturated heterocycles. The van der Waals surface area contributed by atoms with Gasteiger partial charge in [0.15, 0.2) is 6.29 Å². The second-order valence-electron chi connectivity index (χ2n) is 3.70. The van der Waals surface area contributed by atoms with Crippen molar-refractivity contribution in [3.05, 3.63) is 0 Å². The van der Waals surface area contributed by atoms with E-state index >= 15 is 0 Å². The van der Waals surface area contributed by atoms with E-state index in [0.29, 0.717) is 12.0 Å². The van der Waals surface area contributed by atoms with Gasteiger partial charge in [0.2, 0.25) is 0 Å². The molecule has 70 valence electrons. The molecule has 2 fully saturated rings. The van der Waals surface area contributed by atoms with Crippen molar-refractivity contribution in [2.75, 3.05) is 13.2 Å². The highest BCUT2D eigenvalue weighted by molar-refractivity contribution is 4.88. The van der Waals surface area contributed by atoms with Gasteiger partial charge in [-0.25, -0.2) is 0 Å². The van der Waals surface area contributed by atoms with Crippen LogP contribution >= 0.6 is 0 Å². The molecule has 1 heterocycles. The molecule has 0 aromatic rings. The third kappa shape index (κ3) is 1.97. The lowest BCUT2D eigenvalue weighted by Gasteiger charge is -2.22. The van der Waals surface area contributed by atoms with Gasteiger partial charge < -0.3 is 15.2 Å². The standard InChI is InChI=1S/C9H17NO2/c10-6-7-5-8(7)12-9-3-1-2-4-11-9/h7-9H,1-6,10H2/t7-,8-,9?/m0/s1. The van der Waals surface area contributed by atoms with Gasteiger partial charge in [-0.05, 0) is 38.1 Å². The summed E-state index contributed by atoms with van der Waals surface area (Å²) in [5.41, 5.74) is 5.51. The van der Waals surface area contributed by atoms with Crippen LogP contribution in [0, 0.1) is 5.92 Å². The maximum absolute atomic E-state index is 5.70. The predicted octanol–water partition coefficient (Wildman–Crippen LogP) is 0.877. The van der Waals surface area contributed by atoms with Gasteiger partial charge in [-0.1, -0.05) is 0 Å². The summed E-state index contributed by atoms with van der Waals surface area (Å²) in [6.45, 7) is 1.63. The smallest absolute Gasteiger partial charge is 0.157 e. The zero-order valence-electron chi connectivity index (χ0n) is 7.37. The van der Waals surface area contributed by atoms with E-state index < -0.39 is 0 Å². The fraction of sp³-hybridized carbons (Fsp3) is 1.00. The Morgan fingerprint density at radius 2 is 2.33 bits per heavy atom. The third-order valence-corrected chi connectivity index (χ3v) is 2.62. The third-order valence-electron chi connectivity index (χ3n) is 2.62. The minimum Gasteiger partial charge on any atom is -0.353 e. The van der Waals surface area contributed by atoms with Crippen LogP contribution in [0.2, 0.25) is 0 Å². The average molecular weight is 171 g/mol. The molecule has 0 aromatic carbocycles. The van der Waals surface area contributed by atoms with E-state index in [1.807, 2.05) is 0 Å². The van der Waals surface area contributed by atoms with Crippen molar-refractivity contribution < 1.29 is 9.47 Å². The van der Waals surface area contributed by atoms with E-state index in [4.69, 9.17) is 15.2 Å². The van der Waals surface area contributed by atoms with Gasteiger partial charge in [0.1, 0.15) is 0 Å². The monoisotopic (exact) mass is 171 g/mol. The zero-order valence-corrected chi connectivity index (χ0v) is 7.37. The van der Waals surface area contributed by atoms with E-state index in [-0.39, 0.29) is 6.29 Å². The molecular weight excluding hydrogens is 154 g/mol. The van der Waals surface area contributed by atoms with Gasteiger partial charge in [0.25, 0.3) is 0 Å². The first-order chi connectivity index (χ1) is 5.90. The van der Waals surface area contributed by atoms with Gasteiger partial charge in [-0.3, -0.25) is 0 Å². The van der Waals surface area contributed by atoms with Crippen molar-refractivity contribution in [3.8, 4) is 0 Å². The van der Waals surface area contributed by atoms with Crippen molar-refractivity contribution in [3.63, 3.8) is 0 Å². The summed E-state index contributed by atoms with van der Waals surface area (Å²) in [6, 6.07) is 0. The highest BCUT2D eigenvalue weighted by atomic mass is 16.7. The molecule has 1 saturated carbocycles. The molecule has 3 heteroatoms. The summed E-state index contributed by atoms with van der Waals surface area (Å²) in [4.78, 5) is 0. The molecule has 0 amide bonds. The molecule has 2 N–H and O–H groups in total. The topological polar surface area (TPSA) is 44.5 Å². The molecule has 12 heavy (non-hydrogen) atoms. The lowest BCUT2D eigenvalue weighted by atomic mass is 10.2. The maximum Gasteiger partial charge on any atom is 0.157 e. The van der Waals surface area contributed by atoms with E-state index in [2.05, 4.69) is 0 Å². The second kappa shape index (κ2) is 3.73. The van der Waals surface area contributed by atoms with Crippen molar-refractivity contribution in [2.45, 2.75) is 38.1 Å². The normalized spacial score (nSPS) is 41.2. The lowest BCUT2D eigenvalue weighted by molar-refractivity contribution is -0.171. The number of ether oxygens (including phenoxy) is 2. The summed E-state index contributed by atoms with van der Waals surface area (Å²) in [6.07, 6.45) is 5.10. The van der Waals surface area contributed by atoms with Crippen LogP contribution in [-0.4, -0.2) is 25.5 Å². The number of hydrogen-bond donors (Lipinski definition) is 1. The second-order valence-corrected chi connectivity index (χ2v) is 3.70. The molecule has 0 bridgehead atoms. The van der Waals surface area contributed by atoms with Crippen LogP contribution in [0.15, 0.2) is 0 Å². The number of rotatable bonds is 3. The van der Waals surface area contributed by atoms with Crippen LogP contribution in [0.25, 0.3) is 0 Å². The molecule has 0 aromatic heterocycles. The molecule has 3 atom stereocenters. The fourth-order valence-electron chi connectivity index (χ4n) is 1.65. The molecule has 1 aliphatic heterocycles. The maximum atomic E-state index is 5.70. The first-order valence-electron chi connectivity index (χ1n) is 4.87. The summed E-state index contributed by atoms with van der Waals surface area (Å²) in [7, 11) is 0. The van der Waals surface area contributed by atoms with Crippen molar-refractivity contribution in [2.24, 2.45) is 11.7 Å². The highest BCUT2D eigenvalue weighted by Crippen LogP contribution is 2.34. The van der Waals surface area contributed by atoms with Gasteiger partial charge in [-0.2, -0.15) is 0 Å². The Morgan fingerprint density at radius 3 is 2.92 bits per heavy atom. The molecule has 0 radical (unpaired) electrons. The Hall–Kier alpha value is -0.120. The zero-order chi connectivity index (χ0) is 8.39. The first-order valence-corrected chi connectivity index (χ1v) is 4.87. The van der Waals surface area contributed by atoms with Crippen LogP contribution in [0.1, 0.15) is 25.7 Å². The largest absolute Gasteiger partial charge is 0.353 e. The van der Waals surface area contributed by atoms with E-state index in [1.54, 1.807) is 0 Å². The van der Waals surface area contributed by atoms with Crippen molar-refractivity contribution in [1.29, 1.82) is 0 Å². The fourth-order valence-corrected chi connectivity index (χ4v) is 1.65. The van der Waals surface area contributed by atoms with E-state index in [1.165, 1.54) is 12.8 Å². The summed E-state index contributed by atoms with van der Waals surface area (Å²) in [5.74, 6) is 0.607. The van der Waals surface area contributed by atoms with Crippen LogP contribution in [0.4, 0.5) is 0 Å². The number of nitrogens with two attached hydrogens (primary N) is 1. The van der Waals surface area contributed by atoms with Crippen LogP contribution in [-0.2, 0) is 9.47 Å². The Balaban J connectivity index is 1.66. The summed E-state index contributed by atoms with van der Waals surface area (Å²) in [5, 5.41) is 0. The van der Waals surface area contributed by atoms with Crippen molar-refractivity contribution >= 4 is 0 Å². The predicted molar refractivity (Wildman–Crippen MR) is 45.6 cm³/mol. The average Bonchev–Trinajstić information content (AvgIpc) is 2.85. The number of hydrogen-bond acceptors (Lipinski definition) is 3. The van der Waals surface area contributed by atoms with E-state index in [0.717, 1.165) is 26.0 Å². The SMILES string of the molecule is NC[C@@H]1C[C@@H]1OC1CCCCO1. The summed E-state index contributed by atoms with van der Waals surface area (Å²) < 4.78 is 11.2. The van der Waals surface area contributed by atoms with Crippen LogP contribution in [0.5, 0.6) is 0 Å². The Labute approximate surface area is 73.2 Å².